The Balaban J connectivity index is 1.15. The molecule has 30 heavy (non-hydrogen) atoms. The summed E-state index contributed by atoms with van der Waals surface area (Å²) in [5, 5.41) is 3.65. The largest absolute Gasteiger partial charge is 0.328 e. The molecule has 0 aliphatic carbocycles. The fraction of sp³-hybridized carbons (Fsp3) is 0.348. The number of thiazole rings is 1. The van der Waals surface area contributed by atoms with Crippen molar-refractivity contribution in [3.05, 3.63) is 54.4 Å². The SMILES string of the molecule is Cc1nc2ccccc2n1CC1CCN(CC(=O)Nc2nc3ccccc3s2)CC1. The molecule has 1 N–H and O–H groups in total. The minimum Gasteiger partial charge on any atom is -0.328 e. The zero-order chi connectivity index (χ0) is 20.5. The number of benzene rings is 2. The Bertz CT molecular complexity index is 1160. The molecule has 0 saturated carbocycles. The van der Waals surface area contributed by atoms with Crippen molar-refractivity contribution in [3.8, 4) is 0 Å². The Kier molecular flexibility index (Phi) is 5.23. The number of hydrogen-bond acceptors (Lipinski definition) is 5. The number of imidazole rings is 1. The van der Waals surface area contributed by atoms with Gasteiger partial charge in [-0.05, 0) is 63.0 Å². The van der Waals surface area contributed by atoms with Crippen LogP contribution in [-0.2, 0) is 11.3 Å². The quantitative estimate of drug-likeness (QED) is 0.524. The minimum absolute atomic E-state index is 0.0176. The minimum atomic E-state index is 0.0176. The number of carbonyl (C=O) groups excluding carboxylic acids is 1. The zero-order valence-corrected chi connectivity index (χ0v) is 17.9. The number of para-hydroxylation sites is 3. The molecule has 0 bridgehead atoms. The first-order chi connectivity index (χ1) is 14.7. The van der Waals surface area contributed by atoms with Crippen LogP contribution in [-0.4, -0.2) is 45.0 Å². The van der Waals surface area contributed by atoms with E-state index in [2.05, 4.69) is 49.9 Å². The number of piperidine rings is 1. The molecule has 1 aliphatic heterocycles. The lowest BCUT2D eigenvalue weighted by Crippen LogP contribution is -2.40. The van der Waals surface area contributed by atoms with Gasteiger partial charge in [0, 0.05) is 6.54 Å². The molecule has 1 aliphatic rings. The molecular weight excluding hydrogens is 394 g/mol. The number of amides is 1. The van der Waals surface area contributed by atoms with Crippen molar-refractivity contribution in [2.24, 2.45) is 5.92 Å². The molecule has 6 nitrogen and oxygen atoms in total. The maximum atomic E-state index is 12.5. The van der Waals surface area contributed by atoms with Crippen LogP contribution in [0.25, 0.3) is 21.3 Å². The summed E-state index contributed by atoms with van der Waals surface area (Å²) in [6.45, 7) is 5.41. The maximum absolute atomic E-state index is 12.5. The van der Waals surface area contributed by atoms with Gasteiger partial charge in [-0.15, -0.1) is 0 Å². The molecule has 2 aromatic carbocycles. The van der Waals surface area contributed by atoms with Crippen LogP contribution in [0.1, 0.15) is 18.7 Å². The number of hydrogen-bond donors (Lipinski definition) is 1. The number of likely N-dealkylation sites (tertiary alicyclic amines) is 1. The average molecular weight is 420 g/mol. The Labute approximate surface area is 179 Å². The van der Waals surface area contributed by atoms with Crippen LogP contribution in [0.4, 0.5) is 5.13 Å². The highest BCUT2D eigenvalue weighted by Crippen LogP contribution is 2.26. The van der Waals surface area contributed by atoms with Gasteiger partial charge in [0.1, 0.15) is 5.82 Å². The molecule has 7 heteroatoms. The molecular formula is C23H25N5OS. The van der Waals surface area contributed by atoms with Gasteiger partial charge < -0.3 is 9.88 Å². The van der Waals surface area contributed by atoms with Gasteiger partial charge in [-0.25, -0.2) is 9.97 Å². The number of anilines is 1. The van der Waals surface area contributed by atoms with Crippen LogP contribution in [0, 0.1) is 12.8 Å². The van der Waals surface area contributed by atoms with Gasteiger partial charge in [0.2, 0.25) is 5.91 Å². The van der Waals surface area contributed by atoms with E-state index in [9.17, 15) is 4.79 Å². The van der Waals surface area contributed by atoms with E-state index in [0.29, 0.717) is 17.6 Å². The Hall–Kier alpha value is -2.77. The highest BCUT2D eigenvalue weighted by Gasteiger charge is 2.22. The monoisotopic (exact) mass is 419 g/mol. The second-order valence-electron chi connectivity index (χ2n) is 8.01. The fourth-order valence-electron chi connectivity index (χ4n) is 4.30. The summed E-state index contributed by atoms with van der Waals surface area (Å²) in [7, 11) is 0. The predicted octanol–water partition coefficient (Wildman–Crippen LogP) is 4.31. The van der Waals surface area contributed by atoms with Crippen molar-refractivity contribution < 1.29 is 4.79 Å². The summed E-state index contributed by atoms with van der Waals surface area (Å²) in [5.41, 5.74) is 3.22. The number of nitrogens with zero attached hydrogens (tertiary/aromatic N) is 4. The molecule has 1 saturated heterocycles. The van der Waals surface area contributed by atoms with Crippen LogP contribution >= 0.6 is 11.3 Å². The van der Waals surface area contributed by atoms with Gasteiger partial charge in [0.05, 0.1) is 27.8 Å². The fourth-order valence-corrected chi connectivity index (χ4v) is 5.18. The normalized spacial score (nSPS) is 15.8. The Morgan fingerprint density at radius 1 is 1.07 bits per heavy atom. The number of rotatable bonds is 5. The van der Waals surface area contributed by atoms with Gasteiger partial charge >= 0.3 is 0 Å². The molecule has 0 radical (unpaired) electrons. The van der Waals surface area contributed by atoms with E-state index in [1.165, 1.54) is 16.9 Å². The highest BCUT2D eigenvalue weighted by atomic mass is 32.1. The van der Waals surface area contributed by atoms with Crippen LogP contribution in [0.5, 0.6) is 0 Å². The molecule has 0 unspecified atom stereocenters. The van der Waals surface area contributed by atoms with Crippen molar-refractivity contribution in [3.63, 3.8) is 0 Å². The number of nitrogens with one attached hydrogen (secondary N) is 1. The van der Waals surface area contributed by atoms with E-state index in [4.69, 9.17) is 0 Å². The third kappa shape index (κ3) is 3.95. The Morgan fingerprint density at radius 2 is 1.80 bits per heavy atom. The lowest BCUT2D eigenvalue weighted by Gasteiger charge is -2.31. The second-order valence-corrected chi connectivity index (χ2v) is 9.04. The van der Waals surface area contributed by atoms with E-state index in [1.54, 1.807) is 0 Å². The van der Waals surface area contributed by atoms with Gasteiger partial charge in [-0.1, -0.05) is 35.6 Å². The van der Waals surface area contributed by atoms with Gasteiger partial charge in [-0.2, -0.15) is 0 Å². The lowest BCUT2D eigenvalue weighted by atomic mass is 9.96. The molecule has 0 atom stereocenters. The number of carbonyl (C=O) groups is 1. The summed E-state index contributed by atoms with van der Waals surface area (Å²) in [6, 6.07) is 16.3. The summed E-state index contributed by atoms with van der Waals surface area (Å²) < 4.78 is 3.44. The number of aromatic nitrogens is 3. The smallest absolute Gasteiger partial charge is 0.240 e. The van der Waals surface area contributed by atoms with Crippen molar-refractivity contribution in [1.29, 1.82) is 0 Å². The summed E-state index contributed by atoms with van der Waals surface area (Å²) in [4.78, 5) is 23.9. The van der Waals surface area contributed by atoms with Crippen molar-refractivity contribution in [2.75, 3.05) is 25.0 Å². The van der Waals surface area contributed by atoms with Gasteiger partial charge in [0.15, 0.2) is 5.13 Å². The lowest BCUT2D eigenvalue weighted by molar-refractivity contribution is -0.117. The molecule has 2 aromatic heterocycles. The van der Waals surface area contributed by atoms with E-state index < -0.39 is 0 Å². The first kappa shape index (κ1) is 19.2. The summed E-state index contributed by atoms with van der Waals surface area (Å²) in [6.07, 6.45) is 2.20. The second kappa shape index (κ2) is 8.16. The van der Waals surface area contributed by atoms with Crippen molar-refractivity contribution >= 4 is 43.6 Å². The van der Waals surface area contributed by atoms with Crippen LogP contribution in [0.15, 0.2) is 48.5 Å². The number of fused-ring (bicyclic) bond motifs is 2. The van der Waals surface area contributed by atoms with E-state index in [0.717, 1.165) is 54.0 Å². The third-order valence-corrected chi connectivity index (χ3v) is 6.85. The standard InChI is InChI=1S/C23H25N5OS/c1-16-24-18-6-2-4-8-20(18)28(16)14-17-10-12-27(13-11-17)15-22(29)26-23-25-19-7-3-5-9-21(19)30-23/h2-9,17H,10-15H2,1H3,(H,25,26,29). The molecule has 3 heterocycles. The molecule has 154 valence electrons. The maximum Gasteiger partial charge on any atom is 0.240 e. The molecule has 5 rings (SSSR count). The number of aryl methyl sites for hydroxylation is 1. The summed E-state index contributed by atoms with van der Waals surface area (Å²) >= 11 is 1.52. The van der Waals surface area contributed by atoms with Gasteiger partial charge in [-0.3, -0.25) is 9.69 Å². The first-order valence-corrected chi connectivity index (χ1v) is 11.3. The van der Waals surface area contributed by atoms with Crippen molar-refractivity contribution in [1.82, 2.24) is 19.4 Å². The Morgan fingerprint density at radius 3 is 2.60 bits per heavy atom. The zero-order valence-electron chi connectivity index (χ0n) is 17.0. The van der Waals surface area contributed by atoms with Crippen LogP contribution in [0.3, 0.4) is 0 Å². The summed E-state index contributed by atoms with van der Waals surface area (Å²) in [5.74, 6) is 1.71. The van der Waals surface area contributed by atoms with E-state index in [-0.39, 0.29) is 5.91 Å². The first-order valence-electron chi connectivity index (χ1n) is 10.5. The van der Waals surface area contributed by atoms with Crippen LogP contribution < -0.4 is 5.32 Å². The molecule has 1 amide bonds. The third-order valence-electron chi connectivity index (χ3n) is 5.90. The average Bonchev–Trinajstić information content (AvgIpc) is 3.29. The molecule has 4 aromatic rings. The highest BCUT2D eigenvalue weighted by molar-refractivity contribution is 7.22. The van der Waals surface area contributed by atoms with Crippen molar-refractivity contribution in [2.45, 2.75) is 26.3 Å². The topological polar surface area (TPSA) is 63.1 Å². The van der Waals surface area contributed by atoms with E-state index in [1.807, 2.05) is 30.3 Å². The molecule has 1 fully saturated rings. The van der Waals surface area contributed by atoms with Crippen LogP contribution in [0.2, 0.25) is 0 Å². The molecule has 0 spiro atoms. The van der Waals surface area contributed by atoms with Gasteiger partial charge in [0.25, 0.3) is 0 Å². The van der Waals surface area contributed by atoms with E-state index >= 15 is 0 Å². The predicted molar refractivity (Wildman–Crippen MR) is 122 cm³/mol.